The van der Waals surface area contributed by atoms with Crippen molar-refractivity contribution in [2.75, 3.05) is 38.0 Å². The zero-order valence-electron chi connectivity index (χ0n) is 11.4. The summed E-state index contributed by atoms with van der Waals surface area (Å²) < 4.78 is 5.09. The molecule has 0 bridgehead atoms. The number of nitrogens with two attached hydrogens (primary N) is 1. The minimum Gasteiger partial charge on any atom is -0.380 e. The van der Waals surface area contributed by atoms with Crippen LogP contribution in [-0.4, -0.2) is 39.8 Å². The molecule has 19 heavy (non-hydrogen) atoms. The van der Waals surface area contributed by atoms with Gasteiger partial charge in [0.2, 0.25) is 5.91 Å². The summed E-state index contributed by atoms with van der Waals surface area (Å²) >= 11 is 6.13. The summed E-state index contributed by atoms with van der Waals surface area (Å²) in [6, 6.07) is 5.38. The van der Waals surface area contributed by atoms with E-state index >= 15 is 0 Å². The summed E-state index contributed by atoms with van der Waals surface area (Å²) in [4.78, 5) is 13.8. The van der Waals surface area contributed by atoms with Crippen molar-refractivity contribution < 1.29 is 9.53 Å². The van der Waals surface area contributed by atoms with Crippen LogP contribution in [0, 0.1) is 0 Å². The van der Waals surface area contributed by atoms with Crippen LogP contribution in [0.15, 0.2) is 18.2 Å². The summed E-state index contributed by atoms with van der Waals surface area (Å²) in [6.07, 6.45) is -0.0613. The number of ether oxygens (including phenoxy) is 1. The summed E-state index contributed by atoms with van der Waals surface area (Å²) in [5.74, 6) is -0.150. The van der Waals surface area contributed by atoms with Gasteiger partial charge in [0, 0.05) is 27.7 Å². The molecule has 5 nitrogen and oxygen atoms in total. The van der Waals surface area contributed by atoms with Gasteiger partial charge in [-0.1, -0.05) is 17.7 Å². The molecule has 0 radical (unpaired) electrons. The molecule has 1 amide bonds. The lowest BCUT2D eigenvalue weighted by Crippen LogP contribution is -2.28. The fraction of sp³-hybridized carbons (Fsp3) is 0.462. The number of halogens is 1. The lowest BCUT2D eigenvalue weighted by Gasteiger charge is -2.20. The number of anilines is 2. The summed E-state index contributed by atoms with van der Waals surface area (Å²) in [5, 5.41) is 3.42. The number of carbonyl (C=O) groups excluding carboxylic acids is 1. The minimum atomic E-state index is -0.276. The molecule has 0 aliphatic heterocycles. The Kier molecular flexibility index (Phi) is 6.08. The highest BCUT2D eigenvalue weighted by Gasteiger charge is 2.15. The third-order valence-corrected chi connectivity index (χ3v) is 3.02. The van der Waals surface area contributed by atoms with Crippen LogP contribution in [0.3, 0.4) is 0 Å². The molecule has 3 N–H and O–H groups in total. The van der Waals surface area contributed by atoms with Crippen LogP contribution in [0.5, 0.6) is 0 Å². The van der Waals surface area contributed by atoms with E-state index in [2.05, 4.69) is 5.32 Å². The molecule has 0 aromatic heterocycles. The standard InChI is InChI=1S/C13H20ClN3O2/c1-17(2)13-10(14)5-4-6-11(13)16-12(18)7-9(8-15)19-3/h4-6,9H,7-8,15H2,1-3H3,(H,16,18). The minimum absolute atomic E-state index is 0.150. The van der Waals surface area contributed by atoms with Crippen molar-refractivity contribution >= 4 is 28.9 Å². The van der Waals surface area contributed by atoms with Gasteiger partial charge in [-0.25, -0.2) is 0 Å². The lowest BCUT2D eigenvalue weighted by atomic mass is 10.2. The van der Waals surface area contributed by atoms with E-state index in [1.54, 1.807) is 12.1 Å². The quantitative estimate of drug-likeness (QED) is 0.835. The van der Waals surface area contributed by atoms with E-state index in [0.717, 1.165) is 5.69 Å². The maximum absolute atomic E-state index is 11.9. The monoisotopic (exact) mass is 285 g/mol. The van der Waals surface area contributed by atoms with E-state index in [0.29, 0.717) is 17.3 Å². The molecule has 1 rings (SSSR count). The van der Waals surface area contributed by atoms with Crippen molar-refractivity contribution in [1.82, 2.24) is 0 Å². The molecular formula is C13H20ClN3O2. The van der Waals surface area contributed by atoms with E-state index < -0.39 is 0 Å². The first-order valence-electron chi connectivity index (χ1n) is 5.98. The summed E-state index contributed by atoms with van der Waals surface area (Å²) in [5.41, 5.74) is 6.95. The molecule has 0 saturated carbocycles. The van der Waals surface area contributed by atoms with Crippen LogP contribution in [0.25, 0.3) is 0 Å². The summed E-state index contributed by atoms with van der Waals surface area (Å²) in [7, 11) is 5.28. The highest BCUT2D eigenvalue weighted by molar-refractivity contribution is 6.34. The molecular weight excluding hydrogens is 266 g/mol. The maximum Gasteiger partial charge on any atom is 0.227 e. The smallest absolute Gasteiger partial charge is 0.227 e. The molecule has 0 fully saturated rings. The Morgan fingerprint density at radius 1 is 1.53 bits per heavy atom. The van der Waals surface area contributed by atoms with Gasteiger partial charge in [0.1, 0.15) is 0 Å². The highest BCUT2D eigenvalue weighted by atomic mass is 35.5. The fourth-order valence-corrected chi connectivity index (χ4v) is 2.09. The van der Waals surface area contributed by atoms with E-state index in [-0.39, 0.29) is 18.4 Å². The Morgan fingerprint density at radius 2 is 2.21 bits per heavy atom. The Morgan fingerprint density at radius 3 is 2.74 bits per heavy atom. The average molecular weight is 286 g/mol. The number of para-hydroxylation sites is 1. The number of nitrogens with one attached hydrogen (secondary N) is 1. The van der Waals surface area contributed by atoms with Gasteiger partial charge < -0.3 is 20.7 Å². The number of carbonyl (C=O) groups is 1. The Hall–Kier alpha value is -1.30. The van der Waals surface area contributed by atoms with Gasteiger partial charge in [-0.3, -0.25) is 4.79 Å². The van der Waals surface area contributed by atoms with Crippen LogP contribution >= 0.6 is 11.6 Å². The molecule has 1 aromatic rings. The first kappa shape index (κ1) is 15.8. The topological polar surface area (TPSA) is 67.6 Å². The highest BCUT2D eigenvalue weighted by Crippen LogP contribution is 2.32. The summed E-state index contributed by atoms with van der Waals surface area (Å²) in [6.45, 7) is 0.306. The predicted octanol–water partition coefficient (Wildman–Crippen LogP) is 1.71. The van der Waals surface area contributed by atoms with Gasteiger partial charge in [0.05, 0.1) is 28.9 Å². The van der Waals surface area contributed by atoms with E-state index in [4.69, 9.17) is 22.1 Å². The van der Waals surface area contributed by atoms with Crippen molar-refractivity contribution in [3.63, 3.8) is 0 Å². The fourth-order valence-electron chi connectivity index (χ4n) is 1.74. The molecule has 0 saturated heterocycles. The number of hydrogen-bond acceptors (Lipinski definition) is 4. The molecule has 1 aromatic carbocycles. The molecule has 0 aliphatic carbocycles. The maximum atomic E-state index is 11.9. The van der Waals surface area contributed by atoms with Gasteiger partial charge in [-0.05, 0) is 12.1 Å². The molecule has 0 spiro atoms. The third kappa shape index (κ3) is 4.38. The molecule has 6 heteroatoms. The van der Waals surface area contributed by atoms with Crippen LogP contribution in [-0.2, 0) is 9.53 Å². The zero-order chi connectivity index (χ0) is 14.4. The van der Waals surface area contributed by atoms with Gasteiger partial charge in [0.25, 0.3) is 0 Å². The van der Waals surface area contributed by atoms with Gasteiger partial charge in [-0.15, -0.1) is 0 Å². The number of rotatable bonds is 6. The third-order valence-electron chi connectivity index (χ3n) is 2.72. The van der Waals surface area contributed by atoms with E-state index in [9.17, 15) is 4.79 Å². The number of amides is 1. The Labute approximate surface area is 118 Å². The van der Waals surface area contributed by atoms with Gasteiger partial charge in [-0.2, -0.15) is 0 Å². The Balaban J connectivity index is 2.82. The largest absolute Gasteiger partial charge is 0.380 e. The van der Waals surface area contributed by atoms with Crippen molar-refractivity contribution in [2.24, 2.45) is 5.73 Å². The number of nitrogens with zero attached hydrogens (tertiary/aromatic N) is 1. The Bertz CT molecular complexity index is 434. The molecule has 1 atom stereocenters. The predicted molar refractivity (Wildman–Crippen MR) is 78.9 cm³/mol. The molecule has 1 unspecified atom stereocenters. The normalized spacial score (nSPS) is 12.1. The number of hydrogen-bond donors (Lipinski definition) is 2. The van der Waals surface area contributed by atoms with Crippen LogP contribution in [0.2, 0.25) is 5.02 Å². The first-order chi connectivity index (χ1) is 8.99. The number of benzene rings is 1. The molecule has 0 aliphatic rings. The van der Waals surface area contributed by atoms with Crippen LogP contribution in [0.4, 0.5) is 11.4 Å². The van der Waals surface area contributed by atoms with E-state index in [1.807, 2.05) is 25.1 Å². The second kappa shape index (κ2) is 7.33. The van der Waals surface area contributed by atoms with Gasteiger partial charge >= 0.3 is 0 Å². The first-order valence-corrected chi connectivity index (χ1v) is 6.36. The van der Waals surface area contributed by atoms with Crippen LogP contribution in [0.1, 0.15) is 6.42 Å². The SMILES string of the molecule is COC(CN)CC(=O)Nc1cccc(Cl)c1N(C)C. The lowest BCUT2D eigenvalue weighted by molar-refractivity contribution is -0.118. The van der Waals surface area contributed by atoms with Gasteiger partial charge in [0.15, 0.2) is 0 Å². The molecule has 106 valence electrons. The van der Waals surface area contributed by atoms with Crippen molar-refractivity contribution in [3.05, 3.63) is 23.2 Å². The van der Waals surface area contributed by atoms with Crippen molar-refractivity contribution in [1.29, 1.82) is 0 Å². The van der Waals surface area contributed by atoms with Crippen molar-refractivity contribution in [2.45, 2.75) is 12.5 Å². The average Bonchev–Trinajstić information content (AvgIpc) is 2.35. The second-order valence-electron chi connectivity index (χ2n) is 4.38. The molecule has 0 heterocycles. The van der Waals surface area contributed by atoms with Crippen LogP contribution < -0.4 is 16.0 Å². The second-order valence-corrected chi connectivity index (χ2v) is 4.78. The number of methoxy groups -OCH3 is 1. The zero-order valence-corrected chi connectivity index (χ0v) is 12.2. The van der Waals surface area contributed by atoms with Crippen molar-refractivity contribution in [3.8, 4) is 0 Å². The van der Waals surface area contributed by atoms with E-state index in [1.165, 1.54) is 7.11 Å².